The van der Waals surface area contributed by atoms with Gasteiger partial charge in [-0.2, -0.15) is 0 Å². The molecular weight excluding hydrogens is 500 g/mol. The second kappa shape index (κ2) is 10.8. The maximum atomic E-state index is 13.7. The monoisotopic (exact) mass is 540 g/mol. The maximum absolute atomic E-state index is 13.7. The first-order valence-corrected chi connectivity index (χ1v) is 15.9. The van der Waals surface area contributed by atoms with E-state index in [-0.39, 0.29) is 29.0 Å². The molecule has 3 heterocycles. The molecule has 2 N–H and O–H groups in total. The third-order valence-corrected chi connectivity index (χ3v) is 10.4. The molecule has 0 radical (unpaired) electrons. The topological polar surface area (TPSA) is 103 Å². The van der Waals surface area contributed by atoms with Crippen molar-refractivity contribution < 1.29 is 13.2 Å². The number of allylic oxidation sites excluding steroid dienone is 1. The standard InChI is InChI=1S/C29H40N4O4S/c1-4-19(2)15-25-27(30-21-7-5-6-8-21)24-17-23(20(3)16-26(24)31-28(25)34)29(35)33-12-10-32(11-13-33)22-9-14-38(36,37)18-22/h15-17,21-22H,4-14,18H2,1-3H3,(H2,30,31,34)/b19-15-. The van der Waals surface area contributed by atoms with Crippen LogP contribution in [0.5, 0.6) is 0 Å². The molecule has 1 aromatic carbocycles. The molecule has 5 rings (SSSR count). The van der Waals surface area contributed by atoms with E-state index >= 15 is 0 Å². The van der Waals surface area contributed by atoms with Crippen LogP contribution in [0, 0.1) is 6.92 Å². The molecule has 38 heavy (non-hydrogen) atoms. The van der Waals surface area contributed by atoms with E-state index in [0.717, 1.165) is 47.0 Å². The van der Waals surface area contributed by atoms with E-state index in [4.69, 9.17) is 0 Å². The number of aromatic amines is 1. The third-order valence-electron chi connectivity index (χ3n) is 8.60. The molecule has 0 bridgehead atoms. The summed E-state index contributed by atoms with van der Waals surface area (Å²) in [6.07, 6.45) is 8.03. The summed E-state index contributed by atoms with van der Waals surface area (Å²) in [5.41, 5.74) is 4.69. The van der Waals surface area contributed by atoms with Gasteiger partial charge in [0.25, 0.3) is 11.5 Å². The Labute approximate surface area is 225 Å². The number of sulfone groups is 1. The number of carbonyl (C=O) groups excluding carboxylic acids is 1. The molecule has 9 heteroatoms. The molecule has 2 saturated heterocycles. The molecule has 1 atom stereocenters. The van der Waals surface area contributed by atoms with Gasteiger partial charge in [0.15, 0.2) is 9.84 Å². The molecule has 1 aromatic heterocycles. The average Bonchev–Trinajstić information content (AvgIpc) is 3.54. The Morgan fingerprint density at radius 3 is 2.47 bits per heavy atom. The number of benzene rings is 1. The summed E-state index contributed by atoms with van der Waals surface area (Å²) in [5.74, 6) is 0.484. The Balaban J connectivity index is 1.46. The van der Waals surface area contributed by atoms with E-state index in [2.05, 4.69) is 22.1 Å². The van der Waals surface area contributed by atoms with Crippen LogP contribution in [0.1, 0.15) is 73.9 Å². The van der Waals surface area contributed by atoms with Gasteiger partial charge in [-0.05, 0) is 63.3 Å². The average molecular weight is 541 g/mol. The van der Waals surface area contributed by atoms with Crippen molar-refractivity contribution in [3.05, 3.63) is 44.7 Å². The number of aromatic nitrogens is 1. The van der Waals surface area contributed by atoms with Gasteiger partial charge in [-0.25, -0.2) is 8.42 Å². The highest BCUT2D eigenvalue weighted by Gasteiger charge is 2.34. The van der Waals surface area contributed by atoms with Gasteiger partial charge in [-0.1, -0.05) is 25.3 Å². The number of H-pyrrole nitrogens is 1. The number of rotatable bonds is 6. The minimum Gasteiger partial charge on any atom is -0.381 e. The highest BCUT2D eigenvalue weighted by molar-refractivity contribution is 7.91. The first-order valence-electron chi connectivity index (χ1n) is 14.0. The molecule has 1 amide bonds. The summed E-state index contributed by atoms with van der Waals surface area (Å²) >= 11 is 0. The lowest BCUT2D eigenvalue weighted by Crippen LogP contribution is -2.52. The lowest BCUT2D eigenvalue weighted by molar-refractivity contribution is 0.0587. The molecule has 1 unspecified atom stereocenters. The normalized spacial score (nSPS) is 22.9. The zero-order valence-corrected chi connectivity index (χ0v) is 23.6. The number of amides is 1. The summed E-state index contributed by atoms with van der Waals surface area (Å²) < 4.78 is 23.8. The molecule has 1 saturated carbocycles. The van der Waals surface area contributed by atoms with Gasteiger partial charge in [0.2, 0.25) is 0 Å². The van der Waals surface area contributed by atoms with Crippen LogP contribution in [0.3, 0.4) is 0 Å². The van der Waals surface area contributed by atoms with Gasteiger partial charge in [0.1, 0.15) is 0 Å². The minimum atomic E-state index is -2.93. The molecule has 2 aromatic rings. The first kappa shape index (κ1) is 26.9. The van der Waals surface area contributed by atoms with Gasteiger partial charge >= 0.3 is 0 Å². The van der Waals surface area contributed by atoms with E-state index in [0.29, 0.717) is 49.8 Å². The van der Waals surface area contributed by atoms with Crippen molar-refractivity contribution in [2.45, 2.75) is 71.4 Å². The van der Waals surface area contributed by atoms with Crippen molar-refractivity contribution >= 4 is 38.4 Å². The number of hydrogen-bond acceptors (Lipinski definition) is 6. The molecule has 206 valence electrons. The first-order chi connectivity index (χ1) is 18.1. The third kappa shape index (κ3) is 5.54. The van der Waals surface area contributed by atoms with Crippen LogP contribution in [-0.2, 0) is 9.84 Å². The fourth-order valence-electron chi connectivity index (χ4n) is 6.14. The Morgan fingerprint density at radius 2 is 1.84 bits per heavy atom. The second-order valence-electron chi connectivity index (χ2n) is 11.3. The molecule has 1 aliphatic carbocycles. The van der Waals surface area contributed by atoms with Crippen molar-refractivity contribution in [1.82, 2.24) is 14.8 Å². The summed E-state index contributed by atoms with van der Waals surface area (Å²) in [6, 6.07) is 4.26. The van der Waals surface area contributed by atoms with Crippen LogP contribution >= 0.6 is 0 Å². The SMILES string of the molecule is CC/C(C)=C\c1c(NC2CCCC2)c2cc(C(=O)N3CCN(C4CCS(=O)(=O)C4)CC3)c(C)cc2[nH]c1=O. The summed E-state index contributed by atoms with van der Waals surface area (Å²) in [6.45, 7) is 8.57. The predicted molar refractivity (Wildman–Crippen MR) is 154 cm³/mol. The number of nitrogens with one attached hydrogen (secondary N) is 2. The number of fused-ring (bicyclic) bond motifs is 1. The zero-order valence-electron chi connectivity index (χ0n) is 22.8. The number of pyridine rings is 1. The number of nitrogens with zero attached hydrogens (tertiary/aromatic N) is 2. The van der Waals surface area contributed by atoms with Gasteiger partial charge in [0.05, 0.1) is 28.3 Å². The van der Waals surface area contributed by atoms with E-state index in [1.54, 1.807) is 0 Å². The summed E-state index contributed by atoms with van der Waals surface area (Å²) in [7, 11) is -2.93. The van der Waals surface area contributed by atoms with Gasteiger partial charge in [-0.15, -0.1) is 0 Å². The van der Waals surface area contributed by atoms with Gasteiger partial charge in [-0.3, -0.25) is 14.5 Å². The lowest BCUT2D eigenvalue weighted by atomic mass is 9.99. The number of anilines is 1. The Morgan fingerprint density at radius 1 is 1.13 bits per heavy atom. The van der Waals surface area contributed by atoms with E-state index in [9.17, 15) is 18.0 Å². The van der Waals surface area contributed by atoms with Gasteiger partial charge < -0.3 is 15.2 Å². The van der Waals surface area contributed by atoms with Gasteiger partial charge in [0, 0.05) is 49.2 Å². The Bertz CT molecular complexity index is 1410. The molecule has 3 aliphatic rings. The van der Waals surface area contributed by atoms with Crippen molar-refractivity contribution in [1.29, 1.82) is 0 Å². The van der Waals surface area contributed by atoms with Crippen LogP contribution < -0.4 is 10.9 Å². The fraction of sp³-hybridized carbons (Fsp3) is 0.586. The lowest BCUT2D eigenvalue weighted by Gasteiger charge is -2.37. The fourth-order valence-corrected chi connectivity index (χ4v) is 7.90. The number of carbonyl (C=O) groups is 1. The maximum Gasteiger partial charge on any atom is 0.257 e. The van der Waals surface area contributed by atoms with Crippen LogP contribution in [0.4, 0.5) is 5.69 Å². The molecule has 2 aliphatic heterocycles. The highest BCUT2D eigenvalue weighted by atomic mass is 32.2. The Hall–Kier alpha value is -2.65. The molecule has 8 nitrogen and oxygen atoms in total. The summed E-state index contributed by atoms with van der Waals surface area (Å²) in [5, 5.41) is 4.56. The number of piperazine rings is 1. The second-order valence-corrected chi connectivity index (χ2v) is 13.5. The smallest absolute Gasteiger partial charge is 0.257 e. The minimum absolute atomic E-state index is 0.0112. The highest BCUT2D eigenvalue weighted by Crippen LogP contribution is 2.32. The Kier molecular flexibility index (Phi) is 7.69. The van der Waals surface area contributed by atoms with E-state index < -0.39 is 9.84 Å². The van der Waals surface area contributed by atoms with Crippen molar-refractivity contribution in [2.75, 3.05) is 43.0 Å². The van der Waals surface area contributed by atoms with Crippen LogP contribution in [0.25, 0.3) is 17.0 Å². The summed E-state index contributed by atoms with van der Waals surface area (Å²) in [4.78, 5) is 34.1. The molecular formula is C29H40N4O4S. The van der Waals surface area contributed by atoms with Crippen molar-refractivity contribution in [3.63, 3.8) is 0 Å². The number of aryl methyl sites for hydroxylation is 1. The van der Waals surface area contributed by atoms with Crippen LogP contribution in [0.15, 0.2) is 22.5 Å². The number of hydrogen-bond donors (Lipinski definition) is 2. The van der Waals surface area contributed by atoms with Crippen molar-refractivity contribution in [3.8, 4) is 0 Å². The van der Waals surface area contributed by atoms with Crippen LogP contribution in [-0.4, -0.2) is 78.9 Å². The molecule has 3 fully saturated rings. The van der Waals surface area contributed by atoms with Crippen molar-refractivity contribution in [2.24, 2.45) is 0 Å². The zero-order chi connectivity index (χ0) is 27.0. The van der Waals surface area contributed by atoms with Crippen LogP contribution in [0.2, 0.25) is 0 Å². The predicted octanol–water partition coefficient (Wildman–Crippen LogP) is 3.95. The largest absolute Gasteiger partial charge is 0.381 e. The van der Waals surface area contributed by atoms with E-state index in [1.807, 2.05) is 37.0 Å². The molecule has 0 spiro atoms. The quantitative estimate of drug-likeness (QED) is 0.575. The van der Waals surface area contributed by atoms with E-state index in [1.165, 1.54) is 12.8 Å².